The molecule has 2 saturated heterocycles. The van der Waals surface area contributed by atoms with Crippen LogP contribution in [0.4, 0.5) is 0 Å². The lowest BCUT2D eigenvalue weighted by Crippen LogP contribution is -2.56. The molecule has 0 spiro atoms. The Bertz CT molecular complexity index is 644. The van der Waals surface area contributed by atoms with Crippen LogP contribution in [0.1, 0.15) is 25.3 Å². The molecule has 7 nitrogen and oxygen atoms in total. The maximum atomic E-state index is 12.8. The van der Waals surface area contributed by atoms with E-state index in [1.807, 2.05) is 36.1 Å². The van der Waals surface area contributed by atoms with Gasteiger partial charge < -0.3 is 19.7 Å². The summed E-state index contributed by atoms with van der Waals surface area (Å²) in [7, 11) is 0. The molecule has 7 heteroatoms. The fraction of sp³-hybridized carbons (Fsp3) is 0.600. The van der Waals surface area contributed by atoms with Crippen LogP contribution in [0.5, 0.6) is 5.75 Å². The molecule has 0 unspecified atom stereocenters. The highest BCUT2D eigenvalue weighted by Crippen LogP contribution is 2.22. The Labute approximate surface area is 160 Å². The first-order chi connectivity index (χ1) is 13.2. The van der Waals surface area contributed by atoms with E-state index in [-0.39, 0.29) is 18.2 Å². The first-order valence-electron chi connectivity index (χ1n) is 9.77. The molecule has 0 aromatic heterocycles. The molecule has 2 amide bonds. The summed E-state index contributed by atoms with van der Waals surface area (Å²) >= 11 is 0. The fourth-order valence-electron chi connectivity index (χ4n) is 3.61. The third-order valence-electron chi connectivity index (χ3n) is 5.03. The van der Waals surface area contributed by atoms with E-state index in [1.165, 1.54) is 0 Å². The van der Waals surface area contributed by atoms with Crippen molar-refractivity contribution in [3.05, 3.63) is 29.8 Å². The first kappa shape index (κ1) is 19.6. The standard InChI is InChI=1S/C20H29N3O4/c1-2-27-18-7-4-3-6-16(18)15-23-10-8-21-20(25)17(23)14-19(24)22-9-5-12-26-13-11-22/h3-4,6-7,17H,2,5,8-15H2,1H3,(H,21,25)/t17-/m0/s1. The largest absolute Gasteiger partial charge is 0.494 e. The molecule has 1 aromatic rings. The molecule has 27 heavy (non-hydrogen) atoms. The van der Waals surface area contributed by atoms with Gasteiger partial charge in [0.25, 0.3) is 0 Å². The van der Waals surface area contributed by atoms with Gasteiger partial charge in [-0.1, -0.05) is 18.2 Å². The van der Waals surface area contributed by atoms with Crippen LogP contribution in [0.3, 0.4) is 0 Å². The van der Waals surface area contributed by atoms with Gasteiger partial charge in [0, 0.05) is 44.9 Å². The average Bonchev–Trinajstić information content (AvgIpc) is 2.96. The number of carbonyl (C=O) groups excluding carboxylic acids is 2. The Kier molecular flexibility index (Phi) is 7.06. The highest BCUT2D eigenvalue weighted by atomic mass is 16.5. The maximum Gasteiger partial charge on any atom is 0.237 e. The second kappa shape index (κ2) is 9.71. The predicted molar refractivity (Wildman–Crippen MR) is 101 cm³/mol. The lowest BCUT2D eigenvalue weighted by Gasteiger charge is -2.36. The number of ether oxygens (including phenoxy) is 2. The number of benzene rings is 1. The van der Waals surface area contributed by atoms with Gasteiger partial charge in [0.05, 0.1) is 25.7 Å². The van der Waals surface area contributed by atoms with E-state index in [2.05, 4.69) is 10.2 Å². The molecule has 0 saturated carbocycles. The van der Waals surface area contributed by atoms with Crippen molar-refractivity contribution in [3.8, 4) is 5.75 Å². The van der Waals surface area contributed by atoms with Crippen molar-refractivity contribution in [3.63, 3.8) is 0 Å². The molecule has 3 rings (SSSR count). The quantitative estimate of drug-likeness (QED) is 0.804. The van der Waals surface area contributed by atoms with Crippen molar-refractivity contribution >= 4 is 11.8 Å². The number of para-hydroxylation sites is 1. The number of nitrogens with one attached hydrogen (secondary N) is 1. The second-order valence-electron chi connectivity index (χ2n) is 6.87. The molecule has 1 aromatic carbocycles. The maximum absolute atomic E-state index is 12.8. The second-order valence-corrected chi connectivity index (χ2v) is 6.87. The van der Waals surface area contributed by atoms with E-state index < -0.39 is 6.04 Å². The SMILES string of the molecule is CCOc1ccccc1CN1CCNC(=O)[C@@H]1CC(=O)N1CCCOCC1. The summed E-state index contributed by atoms with van der Waals surface area (Å²) in [6.45, 7) is 6.99. The van der Waals surface area contributed by atoms with Gasteiger partial charge in [-0.05, 0) is 19.4 Å². The van der Waals surface area contributed by atoms with Crippen LogP contribution >= 0.6 is 0 Å². The zero-order chi connectivity index (χ0) is 19.1. The number of piperazine rings is 1. The molecular weight excluding hydrogens is 346 g/mol. The van der Waals surface area contributed by atoms with E-state index >= 15 is 0 Å². The molecule has 2 aliphatic rings. The number of hydrogen-bond acceptors (Lipinski definition) is 5. The topological polar surface area (TPSA) is 71.1 Å². The number of nitrogens with zero attached hydrogens (tertiary/aromatic N) is 2. The van der Waals surface area contributed by atoms with Gasteiger partial charge in [0.15, 0.2) is 0 Å². The van der Waals surface area contributed by atoms with Gasteiger partial charge in [-0.25, -0.2) is 0 Å². The zero-order valence-electron chi connectivity index (χ0n) is 16.0. The molecule has 0 aliphatic carbocycles. The van der Waals surface area contributed by atoms with Crippen molar-refractivity contribution in [2.45, 2.75) is 32.4 Å². The van der Waals surface area contributed by atoms with Crippen molar-refractivity contribution in [2.24, 2.45) is 0 Å². The number of hydrogen-bond donors (Lipinski definition) is 1. The minimum atomic E-state index is -0.454. The number of amides is 2. The van der Waals surface area contributed by atoms with Crippen molar-refractivity contribution < 1.29 is 19.1 Å². The average molecular weight is 375 g/mol. The Balaban J connectivity index is 1.69. The lowest BCUT2D eigenvalue weighted by atomic mass is 10.1. The van der Waals surface area contributed by atoms with Crippen LogP contribution in [0.25, 0.3) is 0 Å². The van der Waals surface area contributed by atoms with Gasteiger partial charge >= 0.3 is 0 Å². The Morgan fingerprint density at radius 2 is 2.11 bits per heavy atom. The van der Waals surface area contributed by atoms with Gasteiger partial charge in [0.1, 0.15) is 5.75 Å². The van der Waals surface area contributed by atoms with Crippen LogP contribution in [0, 0.1) is 0 Å². The minimum Gasteiger partial charge on any atom is -0.494 e. The number of rotatable bonds is 6. The van der Waals surface area contributed by atoms with Gasteiger partial charge in [-0.15, -0.1) is 0 Å². The molecule has 2 heterocycles. The summed E-state index contributed by atoms with van der Waals surface area (Å²) < 4.78 is 11.1. The summed E-state index contributed by atoms with van der Waals surface area (Å²) in [5.74, 6) is 0.779. The third-order valence-corrected chi connectivity index (χ3v) is 5.03. The molecule has 2 fully saturated rings. The summed E-state index contributed by atoms with van der Waals surface area (Å²) in [5, 5.41) is 2.90. The van der Waals surface area contributed by atoms with Crippen molar-refractivity contribution in [2.75, 3.05) is 46.0 Å². The van der Waals surface area contributed by atoms with Crippen LogP contribution in [-0.2, 0) is 20.9 Å². The number of carbonyl (C=O) groups is 2. The van der Waals surface area contributed by atoms with Gasteiger partial charge in [0.2, 0.25) is 11.8 Å². The normalized spacial score (nSPS) is 21.4. The van der Waals surface area contributed by atoms with E-state index in [4.69, 9.17) is 9.47 Å². The highest BCUT2D eigenvalue weighted by molar-refractivity contribution is 5.88. The van der Waals surface area contributed by atoms with Gasteiger partial charge in [-0.2, -0.15) is 0 Å². The van der Waals surface area contributed by atoms with E-state index in [0.29, 0.717) is 52.5 Å². The Morgan fingerprint density at radius 3 is 2.96 bits per heavy atom. The smallest absolute Gasteiger partial charge is 0.237 e. The monoisotopic (exact) mass is 375 g/mol. The summed E-state index contributed by atoms with van der Waals surface area (Å²) in [6.07, 6.45) is 1.04. The molecular formula is C20H29N3O4. The van der Waals surface area contributed by atoms with Crippen LogP contribution in [0.2, 0.25) is 0 Å². The molecule has 1 N–H and O–H groups in total. The lowest BCUT2D eigenvalue weighted by molar-refractivity contribution is -0.139. The zero-order valence-corrected chi connectivity index (χ0v) is 16.0. The first-order valence-corrected chi connectivity index (χ1v) is 9.77. The van der Waals surface area contributed by atoms with E-state index in [0.717, 1.165) is 17.7 Å². The van der Waals surface area contributed by atoms with Crippen LogP contribution in [-0.4, -0.2) is 73.7 Å². The Morgan fingerprint density at radius 1 is 1.26 bits per heavy atom. The molecule has 0 bridgehead atoms. The summed E-state index contributed by atoms with van der Waals surface area (Å²) in [6, 6.07) is 7.42. The molecule has 1 atom stereocenters. The predicted octanol–water partition coefficient (Wildman–Crippen LogP) is 1.02. The molecule has 148 valence electrons. The van der Waals surface area contributed by atoms with Gasteiger partial charge in [-0.3, -0.25) is 14.5 Å². The summed E-state index contributed by atoms with van der Waals surface area (Å²) in [5.41, 5.74) is 1.04. The van der Waals surface area contributed by atoms with E-state index in [1.54, 1.807) is 0 Å². The summed E-state index contributed by atoms with van der Waals surface area (Å²) in [4.78, 5) is 29.2. The van der Waals surface area contributed by atoms with Crippen LogP contribution < -0.4 is 10.1 Å². The Hall–Kier alpha value is -2.12. The van der Waals surface area contributed by atoms with E-state index in [9.17, 15) is 9.59 Å². The van der Waals surface area contributed by atoms with Crippen molar-refractivity contribution in [1.82, 2.24) is 15.1 Å². The van der Waals surface area contributed by atoms with Crippen LogP contribution in [0.15, 0.2) is 24.3 Å². The highest BCUT2D eigenvalue weighted by Gasteiger charge is 2.33. The minimum absolute atomic E-state index is 0.0191. The third kappa shape index (κ3) is 5.20. The fourth-order valence-corrected chi connectivity index (χ4v) is 3.61. The molecule has 2 aliphatic heterocycles. The van der Waals surface area contributed by atoms with Crippen molar-refractivity contribution in [1.29, 1.82) is 0 Å². The molecule has 0 radical (unpaired) electrons.